The number of benzene rings is 1. The summed E-state index contributed by atoms with van der Waals surface area (Å²) in [5.41, 5.74) is 2.63. The minimum absolute atomic E-state index is 0. The van der Waals surface area contributed by atoms with Gasteiger partial charge in [-0.25, -0.2) is 0 Å². The third-order valence-corrected chi connectivity index (χ3v) is 3.31. The molecule has 0 fully saturated rings. The molecule has 0 saturated carbocycles. The van der Waals surface area contributed by atoms with Gasteiger partial charge in [-0.05, 0) is 22.7 Å². The molecule has 0 aromatic heterocycles. The van der Waals surface area contributed by atoms with E-state index < -0.39 is 0 Å². The van der Waals surface area contributed by atoms with Gasteiger partial charge in [0.05, 0.1) is 0 Å². The van der Waals surface area contributed by atoms with E-state index in [1.807, 2.05) is 36.1 Å². The summed E-state index contributed by atoms with van der Waals surface area (Å²) in [5.74, 6) is 0. The maximum atomic E-state index is 6.19. The molecule has 0 bridgehead atoms. The second kappa shape index (κ2) is 6.91. The molecule has 0 unspecified atom stereocenters. The zero-order chi connectivity index (χ0) is 12.4. The van der Waals surface area contributed by atoms with Crippen molar-refractivity contribution in [2.45, 2.75) is 6.92 Å². The number of hydrogen-bond donors (Lipinski definition) is 0. The van der Waals surface area contributed by atoms with Crippen LogP contribution < -0.4 is 0 Å². The Morgan fingerprint density at radius 3 is 2.56 bits per heavy atom. The van der Waals surface area contributed by atoms with Crippen molar-refractivity contribution in [3.8, 4) is 0 Å². The number of allylic oxidation sites excluding steroid dienone is 3. The van der Waals surface area contributed by atoms with E-state index in [0.29, 0.717) is 10.1 Å². The Morgan fingerprint density at radius 1 is 1.28 bits per heavy atom. The van der Waals surface area contributed by atoms with Crippen molar-refractivity contribution < 1.29 is 32.7 Å². The van der Waals surface area contributed by atoms with Crippen LogP contribution in [0.5, 0.6) is 0 Å². The molecule has 91 valence electrons. The first kappa shape index (κ1) is 16.0. The molecular formula is C14H12Cl2NY-. The molecule has 2 rings (SSSR count). The van der Waals surface area contributed by atoms with E-state index in [1.165, 1.54) is 0 Å². The molecule has 1 aliphatic rings. The molecule has 0 N–H and O–H groups in total. The van der Waals surface area contributed by atoms with Gasteiger partial charge < -0.3 is 4.90 Å². The Bertz CT molecular complexity index is 520. The maximum absolute atomic E-state index is 6.19. The smallest absolute Gasteiger partial charge is 0.0170 e. The normalized spacial score (nSPS) is 14.8. The first-order valence-electron chi connectivity index (χ1n) is 5.36. The predicted molar refractivity (Wildman–Crippen MR) is 73.6 cm³/mol. The van der Waals surface area contributed by atoms with Crippen LogP contribution >= 0.6 is 23.2 Å². The van der Waals surface area contributed by atoms with E-state index in [2.05, 4.69) is 12.7 Å². The van der Waals surface area contributed by atoms with Gasteiger partial charge in [0.2, 0.25) is 0 Å². The SMILES string of the molecule is C=C1C(Cl)=C[C-]=C(c2ccccc2Cl)N1CC.[Y]. The minimum Gasteiger partial charge on any atom is -0.374 e. The Labute approximate surface area is 143 Å². The van der Waals surface area contributed by atoms with Crippen molar-refractivity contribution in [1.82, 2.24) is 4.90 Å². The number of nitrogens with zero attached hydrogens (tertiary/aromatic N) is 1. The topological polar surface area (TPSA) is 3.24 Å². The van der Waals surface area contributed by atoms with Gasteiger partial charge in [-0.15, -0.1) is 6.07 Å². The standard InChI is InChI=1S/C14H12Cl2N.Y/c1-3-17-10(2)12(15)8-9-14(17)11-6-4-5-7-13(11)16;/h4-8H,2-3H2,1H3;/q-1;. The zero-order valence-corrected chi connectivity index (χ0v) is 14.4. The van der Waals surface area contributed by atoms with Crippen LogP contribution in [0.3, 0.4) is 0 Å². The van der Waals surface area contributed by atoms with E-state index in [9.17, 15) is 0 Å². The number of likely N-dealkylation sites (N-methyl/N-ethyl adjacent to an activating group) is 1. The molecule has 0 saturated heterocycles. The largest absolute Gasteiger partial charge is 0.374 e. The van der Waals surface area contributed by atoms with Crippen molar-refractivity contribution in [1.29, 1.82) is 0 Å². The summed E-state index contributed by atoms with van der Waals surface area (Å²) < 4.78 is 0. The molecule has 0 amide bonds. The Kier molecular flexibility index (Phi) is 6.13. The average molecular weight is 354 g/mol. The molecule has 1 aromatic carbocycles. The van der Waals surface area contributed by atoms with E-state index in [0.717, 1.165) is 23.5 Å². The summed E-state index contributed by atoms with van der Waals surface area (Å²) in [4.78, 5) is 2.00. The van der Waals surface area contributed by atoms with Crippen molar-refractivity contribution >= 4 is 28.9 Å². The van der Waals surface area contributed by atoms with Crippen molar-refractivity contribution in [3.05, 3.63) is 64.3 Å². The summed E-state index contributed by atoms with van der Waals surface area (Å²) in [6, 6.07) is 7.69. The molecule has 1 radical (unpaired) electrons. The van der Waals surface area contributed by atoms with E-state index >= 15 is 0 Å². The monoisotopic (exact) mass is 353 g/mol. The fourth-order valence-corrected chi connectivity index (χ4v) is 2.16. The van der Waals surface area contributed by atoms with Crippen LogP contribution in [-0.2, 0) is 32.7 Å². The first-order chi connectivity index (χ1) is 8.15. The molecule has 1 heterocycles. The summed E-state index contributed by atoms with van der Waals surface area (Å²) in [7, 11) is 0. The average Bonchev–Trinajstić information content (AvgIpc) is 2.33. The fourth-order valence-electron chi connectivity index (χ4n) is 1.78. The summed E-state index contributed by atoms with van der Waals surface area (Å²) >= 11 is 12.2. The minimum atomic E-state index is 0. The van der Waals surface area contributed by atoms with Crippen LogP contribution in [0.4, 0.5) is 0 Å². The molecule has 0 atom stereocenters. The van der Waals surface area contributed by atoms with Gasteiger partial charge in [0.1, 0.15) is 0 Å². The van der Waals surface area contributed by atoms with Crippen LogP contribution in [-0.4, -0.2) is 11.4 Å². The molecule has 0 aliphatic carbocycles. The Morgan fingerprint density at radius 2 is 1.94 bits per heavy atom. The molecule has 4 heteroatoms. The van der Waals surface area contributed by atoms with Gasteiger partial charge in [-0.3, -0.25) is 0 Å². The number of halogens is 2. The van der Waals surface area contributed by atoms with Crippen LogP contribution in [0.15, 0.2) is 47.6 Å². The Hall–Kier alpha value is -0.0761. The Balaban J connectivity index is 0.00000162. The van der Waals surface area contributed by atoms with Crippen molar-refractivity contribution in [2.75, 3.05) is 6.54 Å². The van der Waals surface area contributed by atoms with Crippen LogP contribution in [0, 0.1) is 6.08 Å². The van der Waals surface area contributed by atoms with E-state index in [1.54, 1.807) is 6.08 Å². The van der Waals surface area contributed by atoms with Gasteiger partial charge in [0.15, 0.2) is 0 Å². The summed E-state index contributed by atoms with van der Waals surface area (Å²) in [6.45, 7) is 6.79. The number of rotatable bonds is 2. The third-order valence-electron chi connectivity index (χ3n) is 2.65. The van der Waals surface area contributed by atoms with Gasteiger partial charge in [-0.2, -0.15) is 23.8 Å². The van der Waals surface area contributed by atoms with Gasteiger partial charge in [0.25, 0.3) is 0 Å². The molecule has 1 aliphatic heterocycles. The van der Waals surface area contributed by atoms with Gasteiger partial charge >= 0.3 is 0 Å². The van der Waals surface area contributed by atoms with Crippen molar-refractivity contribution in [3.63, 3.8) is 0 Å². The molecule has 1 nitrogen and oxygen atoms in total. The molecule has 0 spiro atoms. The quantitative estimate of drug-likeness (QED) is 0.710. The predicted octanol–water partition coefficient (Wildman–Crippen LogP) is 4.45. The second-order valence-electron chi connectivity index (χ2n) is 3.66. The summed E-state index contributed by atoms with van der Waals surface area (Å²) in [5, 5.41) is 1.32. The third kappa shape index (κ3) is 3.08. The van der Waals surface area contributed by atoms with Crippen LogP contribution in [0.25, 0.3) is 5.70 Å². The molecular weight excluding hydrogens is 342 g/mol. The van der Waals surface area contributed by atoms with Gasteiger partial charge in [0, 0.05) is 39.3 Å². The maximum Gasteiger partial charge on any atom is 0.0170 e. The zero-order valence-electron chi connectivity index (χ0n) is 10.1. The molecule has 1 aromatic rings. The van der Waals surface area contributed by atoms with Gasteiger partial charge in [-0.1, -0.05) is 47.6 Å². The van der Waals surface area contributed by atoms with E-state index in [4.69, 9.17) is 23.2 Å². The fraction of sp³-hybridized carbons (Fsp3) is 0.143. The molecule has 18 heavy (non-hydrogen) atoms. The van der Waals surface area contributed by atoms with Crippen molar-refractivity contribution in [2.24, 2.45) is 0 Å². The first-order valence-corrected chi connectivity index (χ1v) is 6.11. The number of hydrogen-bond acceptors (Lipinski definition) is 1. The van der Waals surface area contributed by atoms with E-state index in [-0.39, 0.29) is 32.7 Å². The second-order valence-corrected chi connectivity index (χ2v) is 4.47. The van der Waals surface area contributed by atoms with Crippen LogP contribution in [0.2, 0.25) is 5.02 Å². The summed E-state index contributed by atoms with van der Waals surface area (Å²) in [6.07, 6.45) is 4.89. The van der Waals surface area contributed by atoms with Crippen LogP contribution in [0.1, 0.15) is 12.5 Å².